The summed E-state index contributed by atoms with van der Waals surface area (Å²) in [5, 5.41) is 1.28. The number of nitrogens with zero attached hydrogens (tertiary/aromatic N) is 4. The van der Waals surface area contributed by atoms with E-state index in [0.29, 0.717) is 5.92 Å². The molecule has 1 aromatic carbocycles. The highest BCUT2D eigenvalue weighted by Gasteiger charge is 2.25. The van der Waals surface area contributed by atoms with Crippen LogP contribution in [0.1, 0.15) is 87.8 Å². The first-order chi connectivity index (χ1) is 21.5. The molecule has 0 N–H and O–H groups in total. The van der Waals surface area contributed by atoms with Gasteiger partial charge in [-0.05, 0) is 47.6 Å². The molecule has 44 heavy (non-hydrogen) atoms. The van der Waals surface area contributed by atoms with Crippen molar-refractivity contribution in [3.05, 3.63) is 108 Å². The quantitative estimate of drug-likeness (QED) is 0.184. The second kappa shape index (κ2) is 16.3. The lowest BCUT2D eigenvalue weighted by atomic mass is 9.91. The molecule has 5 rings (SSSR count). The Morgan fingerprint density at radius 3 is 2.52 bits per heavy atom. The predicted molar refractivity (Wildman–Crippen MR) is 188 cm³/mol. The molecule has 5 heteroatoms. The Labute approximate surface area is 265 Å². The number of fused-ring (bicyclic) bond motifs is 3. The first-order valence-corrected chi connectivity index (χ1v) is 16.7. The maximum Gasteiger partial charge on any atom is 0.150 e. The fourth-order valence-electron chi connectivity index (χ4n) is 6.59. The van der Waals surface area contributed by atoms with Gasteiger partial charge >= 0.3 is 0 Å². The van der Waals surface area contributed by atoms with Crippen molar-refractivity contribution >= 4 is 22.9 Å². The van der Waals surface area contributed by atoms with Gasteiger partial charge in [0.15, 0.2) is 0 Å². The van der Waals surface area contributed by atoms with Gasteiger partial charge in [-0.3, -0.25) is 9.78 Å². The van der Waals surface area contributed by atoms with Crippen molar-refractivity contribution in [1.82, 2.24) is 14.5 Å². The molecule has 1 saturated heterocycles. The van der Waals surface area contributed by atoms with Gasteiger partial charge in [-0.1, -0.05) is 103 Å². The van der Waals surface area contributed by atoms with Gasteiger partial charge in [0.2, 0.25) is 0 Å². The van der Waals surface area contributed by atoms with Gasteiger partial charge in [0.05, 0.1) is 0 Å². The van der Waals surface area contributed by atoms with Crippen molar-refractivity contribution in [1.29, 1.82) is 0 Å². The number of anilines is 1. The van der Waals surface area contributed by atoms with E-state index in [2.05, 4.69) is 101 Å². The molecule has 2 aromatic heterocycles. The number of unbranched alkanes of at least 4 members (excludes halogenated alkanes) is 2. The lowest BCUT2D eigenvalue weighted by Crippen LogP contribution is -2.46. The highest BCUT2D eigenvalue weighted by molar-refractivity contribution is 5.91. The van der Waals surface area contributed by atoms with Crippen LogP contribution in [-0.2, 0) is 13.0 Å². The van der Waals surface area contributed by atoms with Crippen molar-refractivity contribution in [2.45, 2.75) is 79.2 Å². The minimum atomic E-state index is 0.279. The molecule has 2 aliphatic rings. The third kappa shape index (κ3) is 7.80. The summed E-state index contributed by atoms with van der Waals surface area (Å²) in [6.07, 6.45) is 21.8. The van der Waals surface area contributed by atoms with Gasteiger partial charge in [-0.15, -0.1) is 0 Å². The van der Waals surface area contributed by atoms with Crippen LogP contribution in [0.4, 0.5) is 5.69 Å². The number of pyridine rings is 1. The van der Waals surface area contributed by atoms with Crippen LogP contribution in [0.2, 0.25) is 0 Å². The fraction of sp³-hybridized carbons (Fsp3) is 0.436. The van der Waals surface area contributed by atoms with Gasteiger partial charge in [0.25, 0.3) is 0 Å². The number of carbonyl (C=O) groups is 1. The number of rotatable bonds is 9. The summed E-state index contributed by atoms with van der Waals surface area (Å²) in [5.74, 6) is 0.725. The highest BCUT2D eigenvalue weighted by Crippen LogP contribution is 2.37. The van der Waals surface area contributed by atoms with Crippen molar-refractivity contribution in [3.8, 4) is 0 Å². The van der Waals surface area contributed by atoms with E-state index in [0.717, 1.165) is 62.2 Å². The summed E-state index contributed by atoms with van der Waals surface area (Å²) in [5.41, 5.74) is 8.27. The normalized spacial score (nSPS) is 20.3. The highest BCUT2D eigenvalue weighted by atomic mass is 16.1. The molecule has 0 spiro atoms. The van der Waals surface area contributed by atoms with E-state index in [1.807, 2.05) is 32.3 Å². The monoisotopic (exact) mass is 592 g/mol. The summed E-state index contributed by atoms with van der Waals surface area (Å²) in [6.45, 7) is 20.1. The topological polar surface area (TPSA) is 41.4 Å². The summed E-state index contributed by atoms with van der Waals surface area (Å²) in [7, 11) is 0. The van der Waals surface area contributed by atoms with E-state index in [1.165, 1.54) is 53.6 Å². The summed E-state index contributed by atoms with van der Waals surface area (Å²) in [6, 6.07) is 10.4. The van der Waals surface area contributed by atoms with E-state index in [-0.39, 0.29) is 5.92 Å². The zero-order valence-corrected chi connectivity index (χ0v) is 27.6. The molecule has 2 atom stereocenters. The van der Waals surface area contributed by atoms with E-state index in [1.54, 1.807) is 0 Å². The number of hydrogen-bond acceptors (Lipinski definition) is 4. The zero-order chi connectivity index (χ0) is 31.5. The van der Waals surface area contributed by atoms with Gasteiger partial charge in [0, 0.05) is 85.1 Å². The van der Waals surface area contributed by atoms with Gasteiger partial charge < -0.3 is 14.4 Å². The number of carbonyl (C=O) groups excluding carboxylic acids is 1. The summed E-state index contributed by atoms with van der Waals surface area (Å²) in [4.78, 5) is 20.9. The lowest BCUT2D eigenvalue weighted by Gasteiger charge is -2.39. The molecule has 1 fully saturated rings. The zero-order valence-electron chi connectivity index (χ0n) is 27.6. The number of hydrogen-bond donors (Lipinski definition) is 0. The Bertz CT molecular complexity index is 1470. The van der Waals surface area contributed by atoms with Crippen molar-refractivity contribution < 1.29 is 4.79 Å². The average molecular weight is 593 g/mol. The number of benzene rings is 1. The van der Waals surface area contributed by atoms with Crippen LogP contribution in [-0.4, -0.2) is 46.9 Å². The van der Waals surface area contributed by atoms with Crippen LogP contribution >= 0.6 is 0 Å². The second-order valence-corrected chi connectivity index (χ2v) is 11.9. The van der Waals surface area contributed by atoms with Crippen LogP contribution in [0.15, 0.2) is 91.0 Å². The van der Waals surface area contributed by atoms with Crippen molar-refractivity contribution in [2.75, 3.05) is 31.1 Å². The second-order valence-electron chi connectivity index (χ2n) is 11.9. The molecule has 0 amide bonds. The lowest BCUT2D eigenvalue weighted by molar-refractivity contribution is 0.112. The third-order valence-electron chi connectivity index (χ3n) is 8.93. The first-order valence-electron chi connectivity index (χ1n) is 16.7. The Morgan fingerprint density at radius 2 is 1.82 bits per heavy atom. The average Bonchev–Trinajstić information content (AvgIpc) is 3.35. The standard InChI is InChI=1S/C37H46N4O.C2H6/c1-5-6-8-12-29(3)37-34-15-14-31(27-42)25-36(34)41-26-32(24-28(2)11-9-7-10-13-35(37)41)30(4)39-20-22-40(23-21-39)33-16-18-38-19-17-33;1-2/h7,9-11,14-19,24-25,27-29H,4-6,8,12-13,20-23,26H2,1-3H3;1-2H3/b10-7-,11-9-,32-24+;. The van der Waals surface area contributed by atoms with Crippen molar-refractivity contribution in [2.24, 2.45) is 5.92 Å². The fourth-order valence-corrected chi connectivity index (χ4v) is 6.59. The molecule has 0 aliphatic carbocycles. The first kappa shape index (κ1) is 33.0. The molecule has 2 aliphatic heterocycles. The minimum absolute atomic E-state index is 0.279. The van der Waals surface area contributed by atoms with Gasteiger partial charge in [0.1, 0.15) is 6.29 Å². The number of aldehydes is 1. The maximum atomic E-state index is 11.9. The number of aromatic nitrogens is 2. The third-order valence-corrected chi connectivity index (χ3v) is 8.93. The molecule has 5 nitrogen and oxygen atoms in total. The van der Waals surface area contributed by atoms with E-state index in [9.17, 15) is 4.79 Å². The molecule has 234 valence electrons. The molecule has 3 aromatic rings. The largest absolute Gasteiger partial charge is 0.368 e. The molecule has 0 saturated carbocycles. The number of piperazine rings is 1. The minimum Gasteiger partial charge on any atom is -0.368 e. The van der Waals surface area contributed by atoms with Gasteiger partial charge in [-0.2, -0.15) is 0 Å². The van der Waals surface area contributed by atoms with Crippen LogP contribution in [0.3, 0.4) is 0 Å². The van der Waals surface area contributed by atoms with E-state index >= 15 is 0 Å². The van der Waals surface area contributed by atoms with E-state index in [4.69, 9.17) is 0 Å². The summed E-state index contributed by atoms with van der Waals surface area (Å²) >= 11 is 0. The summed E-state index contributed by atoms with van der Waals surface area (Å²) < 4.78 is 2.49. The van der Waals surface area contributed by atoms with Gasteiger partial charge in [-0.25, -0.2) is 0 Å². The molecule has 0 bridgehead atoms. The maximum absolute atomic E-state index is 11.9. The smallest absolute Gasteiger partial charge is 0.150 e. The molecule has 0 radical (unpaired) electrons. The molecule has 2 unspecified atom stereocenters. The van der Waals surface area contributed by atoms with Crippen LogP contribution in [0.5, 0.6) is 0 Å². The van der Waals surface area contributed by atoms with Crippen LogP contribution < -0.4 is 4.90 Å². The van der Waals surface area contributed by atoms with E-state index < -0.39 is 0 Å². The molecular formula is C39H52N4O. The number of allylic oxidation sites excluding steroid dienone is 6. The molecule has 4 heterocycles. The van der Waals surface area contributed by atoms with Crippen molar-refractivity contribution in [3.63, 3.8) is 0 Å². The predicted octanol–water partition coefficient (Wildman–Crippen LogP) is 9.13. The SMILES string of the molecule is C=C(/C1=C/C(C)/C=C\C=C/Cc2c(C(C)CCCCC)c3ccc(C=O)cc3n2C1)N1CCN(c2ccncc2)CC1.CC. The Morgan fingerprint density at radius 1 is 1.07 bits per heavy atom. The van der Waals surface area contributed by atoms with Crippen LogP contribution in [0, 0.1) is 5.92 Å². The Kier molecular flexibility index (Phi) is 12.2. The van der Waals surface area contributed by atoms with Crippen LogP contribution in [0.25, 0.3) is 10.9 Å². The Hall–Kier alpha value is -3.86. The Balaban J connectivity index is 0.00000216. The molecular weight excluding hydrogens is 540 g/mol.